The summed E-state index contributed by atoms with van der Waals surface area (Å²) in [5.41, 5.74) is 4.13. The molecule has 0 unspecified atom stereocenters. The number of pyridine rings is 1. The molecule has 0 N–H and O–H groups in total. The van der Waals surface area contributed by atoms with Crippen LogP contribution < -0.4 is 0 Å². The number of nitrogens with zero attached hydrogens (tertiary/aromatic N) is 2. The first-order valence-electron chi connectivity index (χ1n) is 6.83. The highest BCUT2D eigenvalue weighted by molar-refractivity contribution is 5.68. The Morgan fingerprint density at radius 1 is 1.21 bits per heavy atom. The molecule has 1 aromatic heterocycles. The molecule has 4 nitrogen and oxygen atoms in total. The molecule has 2 aliphatic rings. The molecular formula is C15H18N2O2. The van der Waals surface area contributed by atoms with E-state index >= 15 is 0 Å². The minimum atomic E-state index is -0.205. The average Bonchev–Trinajstić information content (AvgIpc) is 3.31. The Morgan fingerprint density at radius 2 is 1.95 bits per heavy atom. The maximum absolute atomic E-state index is 11.9. The predicted molar refractivity (Wildman–Crippen MR) is 71.5 cm³/mol. The fraction of sp³-hybridized carbons (Fsp3) is 0.467. The average molecular weight is 258 g/mol. The summed E-state index contributed by atoms with van der Waals surface area (Å²) in [7, 11) is 0. The molecule has 1 saturated carbocycles. The molecule has 3 rings (SSSR count). The molecule has 1 amide bonds. The van der Waals surface area contributed by atoms with Crippen LogP contribution in [0.25, 0.3) is 0 Å². The van der Waals surface area contributed by atoms with E-state index in [2.05, 4.69) is 4.98 Å². The minimum Gasteiger partial charge on any atom is -0.444 e. The Balaban J connectivity index is 1.47. The number of hydrogen-bond acceptors (Lipinski definition) is 3. The van der Waals surface area contributed by atoms with Gasteiger partial charge in [0, 0.05) is 31.0 Å². The molecule has 1 aliphatic carbocycles. The van der Waals surface area contributed by atoms with Crippen molar-refractivity contribution in [3.05, 3.63) is 41.2 Å². The first-order valence-corrected chi connectivity index (χ1v) is 6.83. The van der Waals surface area contributed by atoms with Gasteiger partial charge in [-0.3, -0.25) is 4.98 Å². The molecule has 0 aromatic carbocycles. The van der Waals surface area contributed by atoms with Gasteiger partial charge in [-0.15, -0.1) is 0 Å². The summed E-state index contributed by atoms with van der Waals surface area (Å²) in [6, 6.07) is 3.75. The number of hydrogen-bond donors (Lipinski definition) is 0. The lowest BCUT2D eigenvalue weighted by atomic mass is 10.0. The second kappa shape index (κ2) is 5.43. The second-order valence-corrected chi connectivity index (χ2v) is 5.11. The van der Waals surface area contributed by atoms with E-state index in [4.69, 9.17) is 4.74 Å². The summed E-state index contributed by atoms with van der Waals surface area (Å²) >= 11 is 0. The van der Waals surface area contributed by atoms with E-state index in [0.717, 1.165) is 31.5 Å². The van der Waals surface area contributed by atoms with E-state index in [9.17, 15) is 4.79 Å². The number of aromatic nitrogens is 1. The van der Waals surface area contributed by atoms with Crippen LogP contribution in [0.15, 0.2) is 35.7 Å². The zero-order valence-electron chi connectivity index (χ0n) is 11.0. The van der Waals surface area contributed by atoms with Crippen LogP contribution in [0.3, 0.4) is 0 Å². The van der Waals surface area contributed by atoms with Crippen molar-refractivity contribution < 1.29 is 9.53 Å². The maximum Gasteiger partial charge on any atom is 0.410 e. The van der Waals surface area contributed by atoms with Crippen LogP contribution in [0.2, 0.25) is 0 Å². The molecule has 100 valence electrons. The maximum atomic E-state index is 11.9. The number of allylic oxidation sites excluding steroid dienone is 1. The summed E-state index contributed by atoms with van der Waals surface area (Å²) in [6.45, 7) is 1.90. The van der Waals surface area contributed by atoms with Gasteiger partial charge in [-0.05, 0) is 31.7 Å². The zero-order valence-corrected chi connectivity index (χ0v) is 11.0. The normalized spacial score (nSPS) is 18.4. The SMILES string of the molecule is O=C(OCc1cccnc1)N1CCC(=C2CC2)CC1. The third kappa shape index (κ3) is 3.13. The van der Waals surface area contributed by atoms with Crippen molar-refractivity contribution in [2.24, 2.45) is 0 Å². The van der Waals surface area contributed by atoms with Crippen molar-refractivity contribution in [3.63, 3.8) is 0 Å². The van der Waals surface area contributed by atoms with Crippen LogP contribution >= 0.6 is 0 Å². The van der Waals surface area contributed by atoms with Gasteiger partial charge in [0.25, 0.3) is 0 Å². The molecule has 0 radical (unpaired) electrons. The van der Waals surface area contributed by atoms with Crippen LogP contribution in [0, 0.1) is 0 Å². The molecule has 1 saturated heterocycles. The van der Waals surface area contributed by atoms with Gasteiger partial charge in [-0.2, -0.15) is 0 Å². The molecule has 1 aliphatic heterocycles. The summed E-state index contributed by atoms with van der Waals surface area (Å²) in [6.07, 6.45) is 7.83. The number of carbonyl (C=O) groups excluding carboxylic acids is 1. The summed E-state index contributed by atoms with van der Waals surface area (Å²) < 4.78 is 5.31. The number of rotatable bonds is 2. The third-order valence-corrected chi connectivity index (χ3v) is 3.71. The number of piperidine rings is 1. The highest BCUT2D eigenvalue weighted by atomic mass is 16.6. The van der Waals surface area contributed by atoms with Crippen LogP contribution in [0.5, 0.6) is 0 Å². The largest absolute Gasteiger partial charge is 0.444 e. The molecule has 2 fully saturated rings. The molecule has 0 spiro atoms. The van der Waals surface area contributed by atoms with Crippen molar-refractivity contribution in [3.8, 4) is 0 Å². The van der Waals surface area contributed by atoms with E-state index in [-0.39, 0.29) is 6.09 Å². The first-order chi connectivity index (χ1) is 9.33. The highest BCUT2D eigenvalue weighted by Gasteiger charge is 2.24. The fourth-order valence-corrected chi connectivity index (χ4v) is 2.45. The summed E-state index contributed by atoms with van der Waals surface area (Å²) in [5.74, 6) is 0. The lowest BCUT2D eigenvalue weighted by Gasteiger charge is -2.27. The van der Waals surface area contributed by atoms with Gasteiger partial charge in [0.1, 0.15) is 6.61 Å². The second-order valence-electron chi connectivity index (χ2n) is 5.11. The first kappa shape index (κ1) is 12.2. The Labute approximate surface area is 113 Å². The van der Waals surface area contributed by atoms with Crippen LogP contribution in [0.4, 0.5) is 4.79 Å². The van der Waals surface area contributed by atoms with E-state index < -0.39 is 0 Å². The molecule has 4 heteroatoms. The van der Waals surface area contributed by atoms with Gasteiger partial charge in [0.2, 0.25) is 0 Å². The van der Waals surface area contributed by atoms with Crippen molar-refractivity contribution >= 4 is 6.09 Å². The van der Waals surface area contributed by atoms with Crippen LogP contribution in [-0.4, -0.2) is 29.1 Å². The van der Waals surface area contributed by atoms with Crippen LogP contribution in [0.1, 0.15) is 31.2 Å². The lowest BCUT2D eigenvalue weighted by molar-refractivity contribution is 0.0934. The van der Waals surface area contributed by atoms with Gasteiger partial charge in [-0.25, -0.2) is 4.79 Å². The summed E-state index contributed by atoms with van der Waals surface area (Å²) in [5, 5.41) is 0. The summed E-state index contributed by atoms with van der Waals surface area (Å²) in [4.78, 5) is 17.7. The predicted octanol–water partition coefficient (Wildman–Crippen LogP) is 2.90. The Kier molecular flexibility index (Phi) is 3.49. The van der Waals surface area contributed by atoms with Gasteiger partial charge in [0.15, 0.2) is 0 Å². The third-order valence-electron chi connectivity index (χ3n) is 3.71. The Morgan fingerprint density at radius 3 is 2.58 bits per heavy atom. The quantitative estimate of drug-likeness (QED) is 0.766. The number of ether oxygens (including phenoxy) is 1. The van der Waals surface area contributed by atoms with Gasteiger partial charge in [-0.1, -0.05) is 17.2 Å². The smallest absolute Gasteiger partial charge is 0.410 e. The molecular weight excluding hydrogens is 240 g/mol. The Hall–Kier alpha value is -1.84. The van der Waals surface area contributed by atoms with Crippen LogP contribution in [-0.2, 0) is 11.3 Å². The number of amides is 1. The Bertz CT molecular complexity index is 480. The number of likely N-dealkylation sites (tertiary alicyclic amines) is 1. The monoisotopic (exact) mass is 258 g/mol. The molecule has 1 aromatic rings. The highest BCUT2D eigenvalue weighted by Crippen LogP contribution is 2.36. The van der Waals surface area contributed by atoms with E-state index in [1.807, 2.05) is 17.0 Å². The van der Waals surface area contributed by atoms with Gasteiger partial charge >= 0.3 is 6.09 Å². The molecule has 2 heterocycles. The van der Waals surface area contributed by atoms with E-state index in [1.54, 1.807) is 23.5 Å². The molecule has 0 atom stereocenters. The molecule has 0 bridgehead atoms. The fourth-order valence-electron chi connectivity index (χ4n) is 2.45. The lowest BCUT2D eigenvalue weighted by Crippen LogP contribution is -2.36. The van der Waals surface area contributed by atoms with Crippen molar-refractivity contribution in [1.29, 1.82) is 0 Å². The topological polar surface area (TPSA) is 42.4 Å². The zero-order chi connectivity index (χ0) is 13.1. The van der Waals surface area contributed by atoms with Gasteiger partial charge < -0.3 is 9.64 Å². The van der Waals surface area contributed by atoms with Crippen molar-refractivity contribution in [2.75, 3.05) is 13.1 Å². The number of carbonyl (C=O) groups is 1. The van der Waals surface area contributed by atoms with Crippen molar-refractivity contribution in [1.82, 2.24) is 9.88 Å². The van der Waals surface area contributed by atoms with E-state index in [0.29, 0.717) is 6.61 Å². The van der Waals surface area contributed by atoms with Crippen molar-refractivity contribution in [2.45, 2.75) is 32.3 Å². The minimum absolute atomic E-state index is 0.205. The molecule has 19 heavy (non-hydrogen) atoms. The standard InChI is InChI=1S/C15H18N2O2/c18-15(19-11-12-2-1-7-16-10-12)17-8-5-14(6-9-17)13-3-4-13/h1-2,7,10H,3-6,8-9,11H2. The van der Waals surface area contributed by atoms with E-state index in [1.165, 1.54) is 12.8 Å². The van der Waals surface area contributed by atoms with Gasteiger partial charge in [0.05, 0.1) is 0 Å².